The minimum absolute atomic E-state index is 0.0290. The van der Waals surface area contributed by atoms with Gasteiger partial charge >= 0.3 is 0 Å². The van der Waals surface area contributed by atoms with Gasteiger partial charge in [-0.2, -0.15) is 5.10 Å². The molecule has 1 aromatic heterocycles. The lowest BCUT2D eigenvalue weighted by Crippen LogP contribution is -2.34. The molecule has 1 aliphatic rings. The number of allylic oxidation sites excluding steroid dienone is 2. The van der Waals surface area contributed by atoms with Gasteiger partial charge in [0.1, 0.15) is 5.69 Å². The van der Waals surface area contributed by atoms with Crippen LogP contribution in [0.4, 0.5) is 0 Å². The number of nitrogens with zero attached hydrogens (tertiary/aromatic N) is 4. The van der Waals surface area contributed by atoms with E-state index >= 15 is 0 Å². The molecular weight excluding hydrogens is 350 g/mol. The van der Waals surface area contributed by atoms with Crippen molar-refractivity contribution in [2.45, 2.75) is 6.42 Å². The zero-order valence-corrected chi connectivity index (χ0v) is 16.5. The van der Waals surface area contributed by atoms with Crippen molar-refractivity contribution in [2.24, 2.45) is 12.0 Å². The Morgan fingerprint density at radius 2 is 1.86 bits per heavy atom. The Morgan fingerprint density at radius 3 is 2.61 bits per heavy atom. The second kappa shape index (κ2) is 6.96. The Hall–Kier alpha value is -3.41. The van der Waals surface area contributed by atoms with Gasteiger partial charge in [-0.15, -0.1) is 0 Å². The molecule has 0 unspecified atom stereocenters. The third-order valence-corrected chi connectivity index (χ3v) is 5.02. The number of guanidine groups is 1. The molecule has 0 fully saturated rings. The van der Waals surface area contributed by atoms with Crippen molar-refractivity contribution in [3.05, 3.63) is 71.0 Å². The predicted octanol–water partition coefficient (Wildman–Crippen LogP) is 2.86. The van der Waals surface area contributed by atoms with Gasteiger partial charge in [-0.3, -0.25) is 9.48 Å². The van der Waals surface area contributed by atoms with Gasteiger partial charge in [-0.05, 0) is 11.6 Å². The number of benzene rings is 2. The summed E-state index contributed by atoms with van der Waals surface area (Å²) in [5, 5.41) is 8.76. The molecule has 6 heteroatoms. The molecule has 0 aliphatic heterocycles. The normalized spacial score (nSPS) is 14.4. The van der Waals surface area contributed by atoms with Crippen LogP contribution in [0, 0.1) is 0 Å². The van der Waals surface area contributed by atoms with Crippen molar-refractivity contribution in [1.29, 1.82) is 0 Å². The van der Waals surface area contributed by atoms with E-state index in [2.05, 4.69) is 5.32 Å². The number of hydrogen-bond donors (Lipinski definition) is 1. The number of para-hydroxylation sites is 1. The van der Waals surface area contributed by atoms with Crippen molar-refractivity contribution in [3.8, 4) is 0 Å². The Labute approximate surface area is 164 Å². The fraction of sp³-hybridized carbons (Fsp3) is 0.227. The van der Waals surface area contributed by atoms with E-state index in [1.165, 1.54) is 0 Å². The molecule has 0 radical (unpaired) electrons. The standard InChI is InChI=1S/C22H23N5O/c1-23-22(26(2)3)24-17-13-14-9-5-6-10-15(14)21(28)19(17)20-16-11-7-8-12-18(16)27(4)25-20/h5-12H,13H2,1-4H3,(H,23,24). The van der Waals surface area contributed by atoms with Crippen LogP contribution in [0.3, 0.4) is 0 Å². The maximum atomic E-state index is 13.5. The summed E-state index contributed by atoms with van der Waals surface area (Å²) in [6.45, 7) is 0. The number of Topliss-reactive ketones (excluding diaryl/α,β-unsaturated/α-hetero) is 1. The van der Waals surface area contributed by atoms with E-state index in [0.717, 1.165) is 27.7 Å². The lowest BCUT2D eigenvalue weighted by molar-refractivity contribution is 0.105. The molecule has 1 aliphatic carbocycles. The lowest BCUT2D eigenvalue weighted by atomic mass is 9.86. The van der Waals surface area contributed by atoms with Gasteiger partial charge < -0.3 is 10.2 Å². The predicted molar refractivity (Wildman–Crippen MR) is 112 cm³/mol. The van der Waals surface area contributed by atoms with Gasteiger partial charge in [-0.25, -0.2) is 4.99 Å². The summed E-state index contributed by atoms with van der Waals surface area (Å²) in [5.74, 6) is 0.665. The first-order chi connectivity index (χ1) is 13.5. The third-order valence-electron chi connectivity index (χ3n) is 5.02. The quantitative estimate of drug-likeness (QED) is 0.554. The van der Waals surface area contributed by atoms with Crippen molar-refractivity contribution in [2.75, 3.05) is 21.1 Å². The minimum Gasteiger partial charge on any atom is -0.359 e. The van der Waals surface area contributed by atoms with E-state index in [9.17, 15) is 4.79 Å². The summed E-state index contributed by atoms with van der Waals surface area (Å²) in [6, 6.07) is 15.7. The highest BCUT2D eigenvalue weighted by molar-refractivity contribution is 6.32. The molecule has 0 atom stereocenters. The van der Waals surface area contributed by atoms with E-state index in [0.29, 0.717) is 23.6 Å². The number of carbonyl (C=O) groups excluding carboxylic acids is 1. The summed E-state index contributed by atoms with van der Waals surface area (Å²) in [6.07, 6.45) is 0.584. The second-order valence-corrected chi connectivity index (χ2v) is 7.05. The molecule has 4 rings (SSSR count). The fourth-order valence-corrected chi connectivity index (χ4v) is 3.68. The highest BCUT2D eigenvalue weighted by atomic mass is 16.1. The number of fused-ring (bicyclic) bond motifs is 2. The Morgan fingerprint density at radius 1 is 1.14 bits per heavy atom. The van der Waals surface area contributed by atoms with E-state index in [4.69, 9.17) is 10.1 Å². The van der Waals surface area contributed by atoms with Gasteiger partial charge in [0.05, 0.1) is 16.8 Å². The molecule has 0 amide bonds. The SMILES string of the molecule is CN/C(=N\C1=C(c2nn(C)c3ccccc23)C(=O)c2ccccc2C1)N(C)C. The van der Waals surface area contributed by atoms with Crippen LogP contribution in [0.5, 0.6) is 0 Å². The molecule has 0 saturated heterocycles. The molecule has 0 bridgehead atoms. The maximum absolute atomic E-state index is 13.5. The van der Waals surface area contributed by atoms with Crippen molar-refractivity contribution < 1.29 is 4.79 Å². The Kier molecular flexibility index (Phi) is 4.47. The van der Waals surface area contributed by atoms with E-state index in [-0.39, 0.29) is 5.78 Å². The molecular formula is C22H23N5O. The number of aryl methyl sites for hydroxylation is 1. The zero-order valence-electron chi connectivity index (χ0n) is 16.5. The van der Waals surface area contributed by atoms with Crippen LogP contribution >= 0.6 is 0 Å². The van der Waals surface area contributed by atoms with Crippen LogP contribution in [-0.2, 0) is 13.5 Å². The van der Waals surface area contributed by atoms with Crippen molar-refractivity contribution >= 4 is 28.2 Å². The van der Waals surface area contributed by atoms with Gasteiger partial charge in [0, 0.05) is 45.6 Å². The first-order valence-electron chi connectivity index (χ1n) is 9.23. The highest BCUT2D eigenvalue weighted by Gasteiger charge is 2.30. The Bertz CT molecular complexity index is 1140. The summed E-state index contributed by atoms with van der Waals surface area (Å²) in [4.78, 5) is 20.2. The first kappa shape index (κ1) is 18.0. The highest BCUT2D eigenvalue weighted by Crippen LogP contribution is 2.35. The molecule has 142 valence electrons. The van der Waals surface area contributed by atoms with Crippen LogP contribution in [0.25, 0.3) is 16.5 Å². The molecule has 2 aromatic carbocycles. The summed E-state index contributed by atoms with van der Waals surface area (Å²) in [5.41, 5.74) is 4.69. The third kappa shape index (κ3) is 2.87. The number of rotatable bonds is 2. The van der Waals surface area contributed by atoms with E-state index < -0.39 is 0 Å². The summed E-state index contributed by atoms with van der Waals surface area (Å²) < 4.78 is 1.82. The number of ketones is 1. The van der Waals surface area contributed by atoms with Crippen LogP contribution in [0.15, 0.2) is 59.2 Å². The average Bonchev–Trinajstić information content (AvgIpc) is 3.02. The number of aliphatic imine (C=N–C) groups is 1. The minimum atomic E-state index is -0.0290. The Balaban J connectivity index is 2.01. The number of aromatic nitrogens is 2. The molecule has 3 aromatic rings. The second-order valence-electron chi connectivity index (χ2n) is 7.05. The van der Waals surface area contributed by atoms with Gasteiger partial charge in [-0.1, -0.05) is 42.5 Å². The largest absolute Gasteiger partial charge is 0.359 e. The van der Waals surface area contributed by atoms with Crippen LogP contribution in [-0.4, -0.2) is 47.6 Å². The van der Waals surface area contributed by atoms with Crippen LogP contribution < -0.4 is 5.32 Å². The molecule has 1 N–H and O–H groups in total. The molecule has 0 spiro atoms. The molecule has 1 heterocycles. The first-order valence-corrected chi connectivity index (χ1v) is 9.23. The van der Waals surface area contributed by atoms with Crippen LogP contribution in [0.1, 0.15) is 21.6 Å². The smallest absolute Gasteiger partial charge is 0.198 e. The van der Waals surface area contributed by atoms with Gasteiger partial charge in [0.2, 0.25) is 0 Å². The zero-order chi connectivity index (χ0) is 19.8. The maximum Gasteiger partial charge on any atom is 0.198 e. The van der Waals surface area contributed by atoms with Gasteiger partial charge in [0.25, 0.3) is 0 Å². The summed E-state index contributed by atoms with van der Waals surface area (Å²) >= 11 is 0. The number of hydrogen-bond acceptors (Lipinski definition) is 3. The fourth-order valence-electron chi connectivity index (χ4n) is 3.68. The summed E-state index contributed by atoms with van der Waals surface area (Å²) in [7, 11) is 7.57. The number of carbonyl (C=O) groups is 1. The average molecular weight is 373 g/mol. The molecule has 6 nitrogen and oxygen atoms in total. The number of nitrogens with one attached hydrogen (secondary N) is 1. The van der Waals surface area contributed by atoms with E-state index in [1.54, 1.807) is 0 Å². The molecule has 28 heavy (non-hydrogen) atoms. The lowest BCUT2D eigenvalue weighted by Gasteiger charge is -2.21. The van der Waals surface area contributed by atoms with Gasteiger partial charge in [0.15, 0.2) is 11.7 Å². The topological polar surface area (TPSA) is 62.5 Å². The van der Waals surface area contributed by atoms with Crippen LogP contribution in [0.2, 0.25) is 0 Å². The van der Waals surface area contributed by atoms with E-state index in [1.807, 2.05) is 86.3 Å². The monoisotopic (exact) mass is 373 g/mol. The molecule has 0 saturated carbocycles. The van der Waals surface area contributed by atoms with Crippen molar-refractivity contribution in [3.63, 3.8) is 0 Å². The van der Waals surface area contributed by atoms with Crippen molar-refractivity contribution in [1.82, 2.24) is 20.0 Å².